The fourth-order valence-electron chi connectivity index (χ4n) is 1.27. The maximum atomic E-state index is 9.37. The van der Waals surface area contributed by atoms with Crippen LogP contribution in [0.5, 0.6) is 5.75 Å². The summed E-state index contributed by atoms with van der Waals surface area (Å²) in [7, 11) is 0. The maximum Gasteiger partial charge on any atom is 0.119 e. The largest absolute Gasteiger partial charge is 0.494 e. The van der Waals surface area contributed by atoms with Gasteiger partial charge >= 0.3 is 0 Å². The monoisotopic (exact) mass is 210 g/mol. The van der Waals surface area contributed by atoms with E-state index in [-0.39, 0.29) is 6.61 Å². The standard InChI is InChI=1S/C12H18O3/c1-10(14)11-5-4-6-12(9-11)15-8-3-2-7-13/h4-6,9-10,13-14H,2-3,7-8H2,1H3. The zero-order chi connectivity index (χ0) is 11.1. The predicted octanol–water partition coefficient (Wildman–Crippen LogP) is 1.89. The van der Waals surface area contributed by atoms with E-state index in [1.165, 1.54) is 0 Å². The molecule has 0 bridgehead atoms. The Morgan fingerprint density at radius 1 is 1.33 bits per heavy atom. The number of hydrogen-bond donors (Lipinski definition) is 2. The Kier molecular flexibility index (Phi) is 5.15. The Bertz CT molecular complexity index is 284. The number of hydrogen-bond acceptors (Lipinski definition) is 3. The zero-order valence-electron chi connectivity index (χ0n) is 9.02. The molecule has 0 saturated heterocycles. The molecule has 0 saturated carbocycles. The predicted molar refractivity (Wildman–Crippen MR) is 58.9 cm³/mol. The number of aliphatic hydroxyl groups is 2. The summed E-state index contributed by atoms with van der Waals surface area (Å²) in [6, 6.07) is 7.43. The van der Waals surface area contributed by atoms with Crippen LogP contribution in [-0.4, -0.2) is 23.4 Å². The summed E-state index contributed by atoms with van der Waals surface area (Å²) in [5.74, 6) is 0.770. The molecular formula is C12H18O3. The Morgan fingerprint density at radius 3 is 2.80 bits per heavy atom. The van der Waals surface area contributed by atoms with Crippen molar-refractivity contribution in [2.45, 2.75) is 25.9 Å². The third-order valence-corrected chi connectivity index (χ3v) is 2.16. The molecule has 0 spiro atoms. The van der Waals surface area contributed by atoms with Crippen LogP contribution in [0.2, 0.25) is 0 Å². The summed E-state index contributed by atoms with van der Waals surface area (Å²) < 4.78 is 5.48. The van der Waals surface area contributed by atoms with Gasteiger partial charge in [-0.2, -0.15) is 0 Å². The van der Waals surface area contributed by atoms with Crippen LogP contribution in [0.1, 0.15) is 31.4 Å². The van der Waals surface area contributed by atoms with Crippen LogP contribution in [0.25, 0.3) is 0 Å². The van der Waals surface area contributed by atoms with Crippen molar-refractivity contribution in [3.8, 4) is 5.75 Å². The van der Waals surface area contributed by atoms with Crippen molar-refractivity contribution in [1.82, 2.24) is 0 Å². The quantitative estimate of drug-likeness (QED) is 0.705. The summed E-state index contributed by atoms with van der Waals surface area (Å²) in [6.07, 6.45) is 1.14. The first kappa shape index (κ1) is 12.0. The van der Waals surface area contributed by atoms with Gasteiger partial charge in [-0.1, -0.05) is 12.1 Å². The van der Waals surface area contributed by atoms with E-state index >= 15 is 0 Å². The summed E-state index contributed by atoms with van der Waals surface area (Å²) in [6.45, 7) is 2.53. The zero-order valence-corrected chi connectivity index (χ0v) is 9.02. The third kappa shape index (κ3) is 4.32. The van der Waals surface area contributed by atoms with E-state index in [0.29, 0.717) is 6.61 Å². The van der Waals surface area contributed by atoms with Crippen LogP contribution in [-0.2, 0) is 0 Å². The number of ether oxygens (including phenoxy) is 1. The number of aliphatic hydroxyl groups excluding tert-OH is 2. The summed E-state index contributed by atoms with van der Waals surface area (Å²) in [5.41, 5.74) is 0.856. The van der Waals surface area contributed by atoms with Crippen molar-refractivity contribution in [3.05, 3.63) is 29.8 Å². The fraction of sp³-hybridized carbons (Fsp3) is 0.500. The van der Waals surface area contributed by atoms with E-state index < -0.39 is 6.10 Å². The lowest BCUT2D eigenvalue weighted by atomic mass is 10.1. The van der Waals surface area contributed by atoms with E-state index in [9.17, 15) is 5.11 Å². The first-order valence-electron chi connectivity index (χ1n) is 5.25. The van der Waals surface area contributed by atoms with Crippen LogP contribution in [0.3, 0.4) is 0 Å². The first-order chi connectivity index (χ1) is 7.24. The second-order valence-electron chi connectivity index (χ2n) is 3.53. The van der Waals surface area contributed by atoms with E-state index in [2.05, 4.69) is 0 Å². The van der Waals surface area contributed by atoms with Gasteiger partial charge in [0.1, 0.15) is 5.75 Å². The lowest BCUT2D eigenvalue weighted by Crippen LogP contribution is -1.99. The molecule has 0 heterocycles. The van der Waals surface area contributed by atoms with Gasteiger partial charge in [-0.05, 0) is 37.5 Å². The van der Waals surface area contributed by atoms with E-state index in [1.807, 2.05) is 24.3 Å². The molecule has 0 aliphatic heterocycles. The molecule has 1 atom stereocenters. The SMILES string of the molecule is CC(O)c1cccc(OCCCCO)c1. The molecule has 0 aliphatic carbocycles. The molecule has 1 rings (SSSR count). The second kappa shape index (κ2) is 6.43. The highest BCUT2D eigenvalue weighted by atomic mass is 16.5. The van der Waals surface area contributed by atoms with Gasteiger partial charge in [0.15, 0.2) is 0 Å². The van der Waals surface area contributed by atoms with Crippen molar-refractivity contribution in [2.75, 3.05) is 13.2 Å². The molecule has 3 heteroatoms. The lowest BCUT2D eigenvalue weighted by molar-refractivity contribution is 0.198. The molecule has 0 fully saturated rings. The Morgan fingerprint density at radius 2 is 2.13 bits per heavy atom. The molecule has 0 amide bonds. The molecule has 1 unspecified atom stereocenters. The van der Waals surface area contributed by atoms with Crippen molar-refractivity contribution in [1.29, 1.82) is 0 Å². The fourth-order valence-corrected chi connectivity index (χ4v) is 1.27. The minimum Gasteiger partial charge on any atom is -0.494 e. The summed E-state index contributed by atoms with van der Waals surface area (Å²) in [4.78, 5) is 0. The molecule has 2 N–H and O–H groups in total. The molecule has 3 nitrogen and oxygen atoms in total. The van der Waals surface area contributed by atoms with Gasteiger partial charge in [-0.25, -0.2) is 0 Å². The van der Waals surface area contributed by atoms with Crippen LogP contribution in [0.15, 0.2) is 24.3 Å². The minimum absolute atomic E-state index is 0.205. The van der Waals surface area contributed by atoms with Gasteiger partial charge < -0.3 is 14.9 Å². The van der Waals surface area contributed by atoms with E-state index in [4.69, 9.17) is 9.84 Å². The van der Waals surface area contributed by atoms with Crippen LogP contribution >= 0.6 is 0 Å². The van der Waals surface area contributed by atoms with Gasteiger partial charge in [0.05, 0.1) is 12.7 Å². The Labute approximate surface area is 90.3 Å². The molecule has 84 valence electrons. The molecule has 0 aliphatic rings. The average molecular weight is 210 g/mol. The molecule has 0 aromatic heterocycles. The molecular weight excluding hydrogens is 192 g/mol. The Balaban J connectivity index is 2.43. The van der Waals surface area contributed by atoms with Gasteiger partial charge in [0.25, 0.3) is 0 Å². The topological polar surface area (TPSA) is 49.7 Å². The van der Waals surface area contributed by atoms with E-state index in [1.54, 1.807) is 6.92 Å². The van der Waals surface area contributed by atoms with Crippen molar-refractivity contribution >= 4 is 0 Å². The van der Waals surface area contributed by atoms with Gasteiger partial charge in [0, 0.05) is 6.61 Å². The summed E-state index contributed by atoms with van der Waals surface area (Å²) >= 11 is 0. The maximum absolute atomic E-state index is 9.37. The highest BCUT2D eigenvalue weighted by molar-refractivity contribution is 5.29. The first-order valence-corrected chi connectivity index (χ1v) is 5.25. The highest BCUT2D eigenvalue weighted by Crippen LogP contribution is 2.18. The smallest absolute Gasteiger partial charge is 0.119 e. The second-order valence-corrected chi connectivity index (χ2v) is 3.53. The van der Waals surface area contributed by atoms with Crippen molar-refractivity contribution in [2.24, 2.45) is 0 Å². The summed E-state index contributed by atoms with van der Waals surface area (Å²) in [5, 5.41) is 18.0. The average Bonchev–Trinajstić information content (AvgIpc) is 2.25. The van der Waals surface area contributed by atoms with Gasteiger partial charge in [-0.15, -0.1) is 0 Å². The molecule has 1 aromatic rings. The van der Waals surface area contributed by atoms with E-state index in [0.717, 1.165) is 24.2 Å². The molecule has 15 heavy (non-hydrogen) atoms. The Hall–Kier alpha value is -1.06. The van der Waals surface area contributed by atoms with Crippen LogP contribution < -0.4 is 4.74 Å². The van der Waals surface area contributed by atoms with Gasteiger partial charge in [-0.3, -0.25) is 0 Å². The van der Waals surface area contributed by atoms with Gasteiger partial charge in [0.2, 0.25) is 0 Å². The van der Waals surface area contributed by atoms with Crippen LogP contribution in [0, 0.1) is 0 Å². The minimum atomic E-state index is -0.467. The normalized spacial score (nSPS) is 12.5. The molecule has 0 radical (unpaired) electrons. The van der Waals surface area contributed by atoms with Crippen LogP contribution in [0.4, 0.5) is 0 Å². The van der Waals surface area contributed by atoms with Crippen molar-refractivity contribution < 1.29 is 14.9 Å². The molecule has 1 aromatic carbocycles. The lowest BCUT2D eigenvalue weighted by Gasteiger charge is -2.09. The number of rotatable bonds is 6. The number of benzene rings is 1. The van der Waals surface area contributed by atoms with Crippen molar-refractivity contribution in [3.63, 3.8) is 0 Å². The third-order valence-electron chi connectivity index (χ3n) is 2.16. The number of unbranched alkanes of at least 4 members (excludes halogenated alkanes) is 1. The highest BCUT2D eigenvalue weighted by Gasteiger charge is 2.01.